The number of carboxylic acids is 2. The van der Waals surface area contributed by atoms with Crippen LogP contribution in [0.15, 0.2) is 23.3 Å². The van der Waals surface area contributed by atoms with Gasteiger partial charge in [0, 0.05) is 103 Å². The maximum Gasteiger partial charge on any atom is 0 e. The number of aliphatic hydroxyl groups is 2. The van der Waals surface area contributed by atoms with E-state index in [1.165, 1.54) is 68.7 Å². The number of carboxylic acid groups (broad SMARTS) is 2. The Labute approximate surface area is 574 Å². The third kappa shape index (κ3) is 11.1. The first-order valence-corrected chi connectivity index (χ1v) is 34.9. The molecule has 467 valence electrons. The fraction of sp³-hybridized carbons (Fsp3) is 0.910. The Kier molecular flexibility index (Phi) is 22.3. The van der Waals surface area contributed by atoms with E-state index in [2.05, 4.69) is 95.2 Å². The summed E-state index contributed by atoms with van der Waals surface area (Å²) in [5.41, 5.74) is 3.11. The number of fused-ring (bicyclic) bond motifs is 18. The Bertz CT molecular complexity index is 2400. The third-order valence-corrected chi connectivity index (χ3v) is 28.0. The van der Waals surface area contributed by atoms with Crippen LogP contribution >= 0.6 is 9.53 Å². The van der Waals surface area contributed by atoms with E-state index < -0.39 is 41.1 Å². The molecule has 12 aliphatic rings. The Morgan fingerprint density at radius 2 is 0.976 bits per heavy atom. The molecule has 0 aromatic rings. The van der Waals surface area contributed by atoms with Gasteiger partial charge in [0.05, 0.1) is 43.0 Å². The van der Waals surface area contributed by atoms with Crippen LogP contribution in [0.1, 0.15) is 220 Å². The van der Waals surface area contributed by atoms with Crippen LogP contribution in [0.25, 0.3) is 0 Å². The summed E-state index contributed by atoms with van der Waals surface area (Å²) < 4.78 is 25.4. The second kappa shape index (κ2) is 25.1. The van der Waals surface area contributed by atoms with Crippen molar-refractivity contribution in [1.82, 2.24) is 0 Å². The molecule has 8 saturated carbocycles. The molecule has 12 rings (SSSR count). The minimum Gasteiger partial charge on any atom is 0 e. The van der Waals surface area contributed by atoms with E-state index >= 15 is 0 Å². The number of aliphatic carboxylic acids is 2. The summed E-state index contributed by atoms with van der Waals surface area (Å²) in [6, 6.07) is 0. The van der Waals surface area contributed by atoms with Crippen molar-refractivity contribution in [2.45, 2.75) is 256 Å². The van der Waals surface area contributed by atoms with Gasteiger partial charge in [-0.2, -0.15) is 0 Å². The molecular formula is C67H108AcClO10Re3. The molecule has 0 spiro atoms. The number of ether oxygens (including phenoxy) is 4. The normalized spacial score (nSPS) is 52.2. The number of allylic oxidation sites excluding steroid dienone is 4. The Morgan fingerprint density at radius 1 is 0.549 bits per heavy atom. The minimum absolute atomic E-state index is 0. The topological polar surface area (TPSA) is 152 Å². The van der Waals surface area contributed by atoms with Gasteiger partial charge in [-0.15, -0.1) is 0 Å². The van der Waals surface area contributed by atoms with E-state index in [1.54, 1.807) is 0 Å². The van der Waals surface area contributed by atoms with Crippen LogP contribution in [-0.4, -0.2) is 81.6 Å². The maximum absolute atomic E-state index is 12.9. The largest absolute Gasteiger partial charge is 0 e. The third-order valence-electron chi connectivity index (χ3n) is 28.0. The Morgan fingerprint density at radius 3 is 1.43 bits per heavy atom. The molecule has 2 aliphatic heterocycles. The Balaban J connectivity index is 0.000000234. The van der Waals surface area contributed by atoms with Crippen molar-refractivity contribution in [3.05, 3.63) is 23.3 Å². The van der Waals surface area contributed by atoms with E-state index in [-0.39, 0.29) is 136 Å². The van der Waals surface area contributed by atoms with Gasteiger partial charge in [0.2, 0.25) is 0 Å². The smallest absolute Gasteiger partial charge is 0 e. The van der Waals surface area contributed by atoms with Gasteiger partial charge in [0.15, 0.2) is 11.6 Å². The first-order valence-electron chi connectivity index (χ1n) is 31.5. The summed E-state index contributed by atoms with van der Waals surface area (Å²) >= 11 is 1.19. The molecule has 10 nitrogen and oxygen atoms in total. The zero-order chi connectivity index (χ0) is 58.4. The van der Waals surface area contributed by atoms with E-state index in [1.807, 2.05) is 33.3 Å². The van der Waals surface area contributed by atoms with Gasteiger partial charge in [-0.3, -0.25) is 9.59 Å². The molecule has 2 heterocycles. The molecule has 2 saturated heterocycles. The monoisotopic (exact) mass is 1900 g/mol. The van der Waals surface area contributed by atoms with Gasteiger partial charge in [-0.25, -0.2) is 0 Å². The van der Waals surface area contributed by atoms with Gasteiger partial charge in [-0.05, 0) is 222 Å². The second-order valence-electron chi connectivity index (χ2n) is 32.2. The summed E-state index contributed by atoms with van der Waals surface area (Å²) in [4.78, 5) is 21.9. The maximum atomic E-state index is 12.9. The van der Waals surface area contributed by atoms with E-state index in [0.717, 1.165) is 88.4 Å². The molecule has 24 atom stereocenters. The molecule has 0 bridgehead atoms. The van der Waals surface area contributed by atoms with Crippen molar-refractivity contribution in [2.24, 2.45) is 114 Å². The van der Waals surface area contributed by atoms with Crippen LogP contribution in [-0.2, 0) is 87.6 Å². The molecule has 0 aromatic heterocycles. The van der Waals surface area contributed by atoms with Gasteiger partial charge < -0.3 is 39.4 Å². The van der Waals surface area contributed by atoms with Crippen LogP contribution in [0.3, 0.4) is 0 Å². The van der Waals surface area contributed by atoms with Crippen LogP contribution < -0.4 is 0 Å². The molecule has 3 radical (unpaired) electrons. The Hall–Kier alpha value is 1.90. The fourth-order valence-corrected chi connectivity index (χ4v) is 23.4. The summed E-state index contributed by atoms with van der Waals surface area (Å²) in [6.45, 7) is 40.1. The van der Waals surface area contributed by atoms with E-state index in [4.69, 9.17) is 38.4 Å². The average molecular weight is 1890 g/mol. The number of hydrogen-bond acceptors (Lipinski definition) is 8. The number of hydrogen-bond donors (Lipinski definition) is 4. The quantitative estimate of drug-likeness (QED) is 0.187. The number of rotatable bonds is 1. The first-order chi connectivity index (χ1) is 36.6. The predicted molar refractivity (Wildman–Crippen MR) is 307 cm³/mol. The molecule has 12 unspecified atom stereocenters. The van der Waals surface area contributed by atoms with Crippen molar-refractivity contribution in [2.75, 3.05) is 13.2 Å². The zero-order valence-electron chi connectivity index (χ0n) is 53.4. The van der Waals surface area contributed by atoms with Gasteiger partial charge in [-0.1, -0.05) is 113 Å². The molecule has 10 fully saturated rings. The zero-order valence-corrected chi connectivity index (χ0v) is 67.0. The van der Waals surface area contributed by atoms with Crippen molar-refractivity contribution in [3.63, 3.8) is 0 Å². The number of carbonyl (C=O) groups is 2. The molecule has 15 heteroatoms. The average Bonchev–Trinajstić information content (AvgIpc) is 0.900. The first kappa shape index (κ1) is 73.0. The summed E-state index contributed by atoms with van der Waals surface area (Å²) in [5.74, 6) is 3.75. The minimum atomic E-state index is -0.833. The fourth-order valence-electron chi connectivity index (χ4n) is 23.4. The molecular weight excluding hydrogens is 1790 g/mol. The predicted octanol–water partition coefficient (Wildman–Crippen LogP) is 15.0. The molecule has 10 aliphatic carbocycles. The van der Waals surface area contributed by atoms with Gasteiger partial charge in [0.25, 0.3) is 5.97 Å². The second-order valence-corrected chi connectivity index (χ2v) is 32.2. The van der Waals surface area contributed by atoms with Crippen LogP contribution in [0, 0.1) is 158 Å². The van der Waals surface area contributed by atoms with Crippen LogP contribution in [0.4, 0.5) is 0 Å². The van der Waals surface area contributed by atoms with E-state index in [0.29, 0.717) is 59.6 Å². The SMILES string of the molecule is CC(=O)O.C[C@@H]1CCC2(C(=O)O)CC[C@]3(C)C(=CCC4[C@@]5(C)CC(O)C6OC(C)(C)OC[C@]6(C)C5CC[C@]43C)C2[C@H]1C.C[C@@H]1CCC2CC[C@]3(C)C(=CCC4[C@@]5(C)CC(O)C6OC(C)(C)OC[C@]6(C)C5CC[C@]43C)C2[C@H]1C.[Ac].[Cl][Re].[Re].[Re]. The van der Waals surface area contributed by atoms with Crippen LogP contribution in [0.2, 0.25) is 0 Å². The summed E-state index contributed by atoms with van der Waals surface area (Å²) in [7, 11) is 4.69. The van der Waals surface area contributed by atoms with Crippen LogP contribution in [0.5, 0.6) is 0 Å². The van der Waals surface area contributed by atoms with Crippen molar-refractivity contribution in [1.29, 1.82) is 0 Å². The molecule has 0 aromatic carbocycles. The van der Waals surface area contributed by atoms with Crippen molar-refractivity contribution in [3.8, 4) is 0 Å². The molecule has 4 N–H and O–H groups in total. The number of aliphatic hydroxyl groups excluding tert-OH is 2. The molecule has 0 amide bonds. The summed E-state index contributed by atoms with van der Waals surface area (Å²) in [6.07, 6.45) is 21.8. The number of halogens is 1. The van der Waals surface area contributed by atoms with Gasteiger partial charge >= 0.3 is 33.7 Å². The summed E-state index contributed by atoms with van der Waals surface area (Å²) in [5, 5.41) is 41.3. The standard InChI is InChI=1S/C33H52O5.C32H52O3.C2H4O2.Ac.ClH.3Re/c1-19-11-14-33(27(35)36)16-15-31(7)21(25(33)20(19)2)9-10-24-29(5)17-22(34)26-30(6,18-37-28(3,4)38-26)23(29)12-13-32(24,31)8;1-19-9-10-21-13-15-31(7)22(26(21)20(19)2)11-12-25-29(5)17-23(33)27-30(6,18-34-28(3,4)35-27)24(29)14-16-32(25,31)8;1-2(3)4;;;;;/h9,19-20,22-26,34H,10-18H2,1-8H3,(H,35,36);11,19-21,23-27,33H,9-10,12-18H2,1-8H3;1H3,(H,3,4);;1H;;;/q;;;;;;;+1/p-1/t19-,20+,22?,23?,24?,25?,26?,29+,30-,31-,32-,33?;19-,20+,21?,23?,24?,25?,26?,27?,29+,30-,31-,32-;;;;;;/m11....../s1. The van der Waals surface area contributed by atoms with Gasteiger partial charge in [0.1, 0.15) is 0 Å². The van der Waals surface area contributed by atoms with E-state index in [9.17, 15) is 20.1 Å². The van der Waals surface area contributed by atoms with Crippen molar-refractivity contribution < 1.29 is 152 Å². The molecule has 82 heavy (non-hydrogen) atoms. The van der Waals surface area contributed by atoms with Crippen molar-refractivity contribution >= 4 is 21.5 Å².